The van der Waals surface area contributed by atoms with Crippen LogP contribution in [0, 0.1) is 0 Å². The van der Waals surface area contributed by atoms with Crippen LogP contribution in [0.4, 0.5) is 0 Å². The van der Waals surface area contributed by atoms with Crippen molar-refractivity contribution in [3.8, 4) is 17.2 Å². The van der Waals surface area contributed by atoms with Gasteiger partial charge in [0, 0.05) is 30.8 Å². The van der Waals surface area contributed by atoms with E-state index in [9.17, 15) is 4.79 Å². The largest absolute Gasteiger partial charge is 0.493 e. The zero-order valence-corrected chi connectivity index (χ0v) is 19.3. The Balaban J connectivity index is 2.02. The first kappa shape index (κ1) is 22.8. The fourth-order valence-corrected chi connectivity index (χ4v) is 4.16. The number of fused-ring (bicyclic) bond motifs is 1. The van der Waals surface area contributed by atoms with Crippen molar-refractivity contribution in [3.63, 3.8) is 0 Å². The third-order valence-electron chi connectivity index (χ3n) is 4.52. The van der Waals surface area contributed by atoms with E-state index in [0.717, 1.165) is 16.0 Å². The summed E-state index contributed by atoms with van der Waals surface area (Å²) in [6, 6.07) is 10.8. The van der Waals surface area contributed by atoms with Crippen LogP contribution in [0.1, 0.15) is 31.1 Å². The molecule has 0 aliphatic heterocycles. The summed E-state index contributed by atoms with van der Waals surface area (Å²) >= 11 is 1.42. The number of aromatic nitrogens is 1. The van der Waals surface area contributed by atoms with Gasteiger partial charge in [-0.05, 0) is 45.0 Å². The van der Waals surface area contributed by atoms with Crippen LogP contribution < -0.4 is 19.0 Å². The molecule has 8 heteroatoms. The lowest BCUT2D eigenvalue weighted by Gasteiger charge is -2.10. The minimum atomic E-state index is -0.313. The molecule has 0 radical (unpaired) electrons. The molecule has 0 bridgehead atoms. The van der Waals surface area contributed by atoms with Gasteiger partial charge in [-0.2, -0.15) is 4.99 Å². The van der Waals surface area contributed by atoms with Crippen LogP contribution in [-0.2, 0) is 11.3 Å². The molecule has 1 aromatic heterocycles. The second-order valence-corrected chi connectivity index (χ2v) is 8.03. The van der Waals surface area contributed by atoms with Gasteiger partial charge >= 0.3 is 0 Å². The van der Waals surface area contributed by atoms with Crippen molar-refractivity contribution in [2.24, 2.45) is 4.99 Å². The monoisotopic (exact) mass is 444 g/mol. The second-order valence-electron chi connectivity index (χ2n) is 7.02. The standard InChI is InChI=1S/C23H28N2O5S/c1-6-29-12-11-25-18-13-19(27-4)20(28-5)14-21(18)31-23(25)24-22(26)16-7-9-17(10-8-16)30-15(2)3/h7-10,13-15H,6,11-12H2,1-5H3. The molecule has 3 aromatic rings. The molecule has 1 amide bonds. The van der Waals surface area contributed by atoms with Crippen LogP contribution >= 0.6 is 11.3 Å². The summed E-state index contributed by atoms with van der Waals surface area (Å²) in [6.45, 7) is 7.57. The summed E-state index contributed by atoms with van der Waals surface area (Å²) < 4.78 is 25.0. The third-order valence-corrected chi connectivity index (χ3v) is 5.56. The molecule has 0 spiro atoms. The van der Waals surface area contributed by atoms with Gasteiger partial charge in [0.25, 0.3) is 5.91 Å². The molecule has 31 heavy (non-hydrogen) atoms. The molecule has 0 fully saturated rings. The van der Waals surface area contributed by atoms with E-state index in [4.69, 9.17) is 18.9 Å². The van der Waals surface area contributed by atoms with Gasteiger partial charge in [-0.25, -0.2) is 0 Å². The van der Waals surface area contributed by atoms with Crippen LogP contribution in [0.25, 0.3) is 10.2 Å². The molecular formula is C23H28N2O5S. The van der Waals surface area contributed by atoms with Gasteiger partial charge in [-0.1, -0.05) is 11.3 Å². The number of hydrogen-bond donors (Lipinski definition) is 0. The zero-order valence-electron chi connectivity index (χ0n) is 18.5. The van der Waals surface area contributed by atoms with Crippen molar-refractivity contribution in [1.82, 2.24) is 4.57 Å². The Morgan fingerprint density at radius 3 is 2.39 bits per heavy atom. The molecule has 0 aliphatic rings. The predicted octanol–water partition coefficient (Wildman–Crippen LogP) is 4.28. The van der Waals surface area contributed by atoms with Crippen molar-refractivity contribution < 1.29 is 23.7 Å². The Kier molecular flexibility index (Phi) is 7.70. The van der Waals surface area contributed by atoms with Gasteiger partial charge in [-0.3, -0.25) is 4.79 Å². The van der Waals surface area contributed by atoms with Gasteiger partial charge in [0.15, 0.2) is 16.3 Å². The maximum Gasteiger partial charge on any atom is 0.279 e. The zero-order chi connectivity index (χ0) is 22.4. The molecular weight excluding hydrogens is 416 g/mol. The Labute approximate surface area is 185 Å². The molecule has 1 heterocycles. The van der Waals surface area contributed by atoms with Crippen LogP contribution in [0.15, 0.2) is 41.4 Å². The van der Waals surface area contributed by atoms with Crippen molar-refractivity contribution in [2.75, 3.05) is 27.4 Å². The lowest BCUT2D eigenvalue weighted by molar-refractivity contribution is 0.0996. The Hall–Kier alpha value is -2.84. The van der Waals surface area contributed by atoms with Crippen molar-refractivity contribution in [3.05, 3.63) is 46.8 Å². The lowest BCUT2D eigenvalue weighted by Crippen LogP contribution is -2.19. The summed E-state index contributed by atoms with van der Waals surface area (Å²) in [5, 5.41) is 0. The minimum absolute atomic E-state index is 0.0723. The van der Waals surface area contributed by atoms with Crippen molar-refractivity contribution in [1.29, 1.82) is 0 Å². The van der Waals surface area contributed by atoms with E-state index >= 15 is 0 Å². The first-order valence-corrected chi connectivity index (χ1v) is 11.0. The van der Waals surface area contributed by atoms with E-state index in [2.05, 4.69) is 4.99 Å². The predicted molar refractivity (Wildman–Crippen MR) is 122 cm³/mol. The summed E-state index contributed by atoms with van der Waals surface area (Å²) in [4.78, 5) is 17.9. The average Bonchev–Trinajstić information content (AvgIpc) is 3.08. The fraction of sp³-hybridized carbons (Fsp3) is 0.391. The highest BCUT2D eigenvalue weighted by atomic mass is 32.1. The molecule has 166 valence electrons. The summed E-state index contributed by atoms with van der Waals surface area (Å²) in [6.07, 6.45) is 0.0723. The maximum atomic E-state index is 12.9. The summed E-state index contributed by atoms with van der Waals surface area (Å²) in [7, 11) is 3.20. The lowest BCUT2D eigenvalue weighted by atomic mass is 10.2. The molecule has 3 rings (SSSR count). The number of rotatable bonds is 9. The number of hydrogen-bond acceptors (Lipinski definition) is 6. The van der Waals surface area contributed by atoms with E-state index < -0.39 is 0 Å². The van der Waals surface area contributed by atoms with E-state index in [1.807, 2.05) is 37.5 Å². The number of amides is 1. The Bertz CT molecular complexity index is 1100. The molecule has 7 nitrogen and oxygen atoms in total. The van der Waals surface area contributed by atoms with Crippen LogP contribution in [0.3, 0.4) is 0 Å². The Morgan fingerprint density at radius 2 is 1.77 bits per heavy atom. The Morgan fingerprint density at radius 1 is 1.10 bits per heavy atom. The smallest absolute Gasteiger partial charge is 0.279 e. The molecule has 0 saturated carbocycles. The van der Waals surface area contributed by atoms with Crippen LogP contribution in [-0.4, -0.2) is 44.0 Å². The number of thiazole rings is 1. The quantitative estimate of drug-likeness (QED) is 0.461. The second kappa shape index (κ2) is 10.5. The van der Waals surface area contributed by atoms with E-state index in [1.54, 1.807) is 38.5 Å². The van der Waals surface area contributed by atoms with Gasteiger partial charge in [0.1, 0.15) is 5.75 Å². The minimum Gasteiger partial charge on any atom is -0.493 e. The average molecular weight is 445 g/mol. The highest BCUT2D eigenvalue weighted by Gasteiger charge is 2.14. The first-order chi connectivity index (χ1) is 15.0. The number of ether oxygens (including phenoxy) is 4. The van der Waals surface area contributed by atoms with Gasteiger partial charge in [0.2, 0.25) is 0 Å². The van der Waals surface area contributed by atoms with Crippen molar-refractivity contribution >= 4 is 27.5 Å². The third kappa shape index (κ3) is 5.45. The van der Waals surface area contributed by atoms with Gasteiger partial charge < -0.3 is 23.5 Å². The number of methoxy groups -OCH3 is 2. The summed E-state index contributed by atoms with van der Waals surface area (Å²) in [5.41, 5.74) is 1.41. The van der Waals surface area contributed by atoms with E-state index in [1.165, 1.54) is 11.3 Å². The topological polar surface area (TPSA) is 71.3 Å². The first-order valence-electron chi connectivity index (χ1n) is 10.2. The van der Waals surface area contributed by atoms with Crippen LogP contribution in [0.2, 0.25) is 0 Å². The van der Waals surface area contributed by atoms with Gasteiger partial charge in [0.05, 0.1) is 37.1 Å². The van der Waals surface area contributed by atoms with E-state index in [0.29, 0.717) is 41.6 Å². The SMILES string of the molecule is CCOCCn1c(=NC(=O)c2ccc(OC(C)C)cc2)sc2cc(OC)c(OC)cc21. The van der Waals surface area contributed by atoms with Crippen LogP contribution in [0.5, 0.6) is 17.2 Å². The number of carbonyl (C=O) groups excluding carboxylic acids is 1. The number of nitrogens with zero attached hydrogens (tertiary/aromatic N) is 2. The van der Waals surface area contributed by atoms with Gasteiger partial charge in [-0.15, -0.1) is 0 Å². The molecule has 0 saturated heterocycles. The summed E-state index contributed by atoms with van der Waals surface area (Å²) in [5.74, 6) is 1.66. The van der Waals surface area contributed by atoms with Crippen molar-refractivity contribution in [2.45, 2.75) is 33.4 Å². The number of carbonyl (C=O) groups is 1. The highest BCUT2D eigenvalue weighted by Crippen LogP contribution is 2.33. The van der Waals surface area contributed by atoms with E-state index in [-0.39, 0.29) is 12.0 Å². The highest BCUT2D eigenvalue weighted by molar-refractivity contribution is 7.16. The fourth-order valence-electron chi connectivity index (χ4n) is 3.10. The molecule has 0 atom stereocenters. The molecule has 2 aromatic carbocycles. The maximum absolute atomic E-state index is 12.9. The molecule has 0 N–H and O–H groups in total. The number of benzene rings is 2. The molecule has 0 aliphatic carbocycles. The molecule has 0 unspecified atom stereocenters. The normalized spacial score (nSPS) is 11.9.